The fraction of sp³-hybridized carbons (Fsp3) is 0.167. The van der Waals surface area contributed by atoms with Gasteiger partial charge in [0.25, 0.3) is 5.56 Å². The number of anilines is 1. The van der Waals surface area contributed by atoms with Crippen LogP contribution >= 0.6 is 15.9 Å². The second-order valence-electron chi connectivity index (χ2n) is 5.41. The van der Waals surface area contributed by atoms with Crippen molar-refractivity contribution in [2.45, 2.75) is 13.2 Å². The van der Waals surface area contributed by atoms with Crippen LogP contribution in [0.1, 0.15) is 11.3 Å². The van der Waals surface area contributed by atoms with Gasteiger partial charge in [-0.1, -0.05) is 18.2 Å². The maximum Gasteiger partial charge on any atom is 0.282 e. The molecule has 0 unspecified atom stereocenters. The first-order valence-corrected chi connectivity index (χ1v) is 8.50. The summed E-state index contributed by atoms with van der Waals surface area (Å²) in [6, 6.07) is 13.5. The summed E-state index contributed by atoms with van der Waals surface area (Å²) in [4.78, 5) is 16.0. The Kier molecular flexibility index (Phi) is 5.45. The van der Waals surface area contributed by atoms with Gasteiger partial charge in [-0.2, -0.15) is 5.10 Å². The molecule has 0 radical (unpaired) electrons. The second kappa shape index (κ2) is 7.94. The monoisotopic (exact) mass is 400 g/mol. The number of nitrogens with one attached hydrogen (secondary N) is 1. The molecule has 0 aliphatic carbocycles. The van der Waals surface area contributed by atoms with Crippen LogP contribution in [0.4, 0.5) is 5.69 Å². The summed E-state index contributed by atoms with van der Waals surface area (Å²) in [5.74, 6) is 0.783. The van der Waals surface area contributed by atoms with Crippen LogP contribution in [0.5, 0.6) is 5.75 Å². The molecular formula is C18H17BrN4O2. The fourth-order valence-corrected chi connectivity index (χ4v) is 2.67. The van der Waals surface area contributed by atoms with Gasteiger partial charge in [-0.05, 0) is 45.8 Å². The largest absolute Gasteiger partial charge is 0.487 e. The summed E-state index contributed by atoms with van der Waals surface area (Å²) in [5, 5.41) is 7.21. The van der Waals surface area contributed by atoms with Crippen molar-refractivity contribution in [3.05, 3.63) is 80.9 Å². The molecule has 0 saturated carbocycles. The molecule has 2 heterocycles. The zero-order valence-corrected chi connectivity index (χ0v) is 15.2. The van der Waals surface area contributed by atoms with E-state index in [0.29, 0.717) is 23.3 Å². The van der Waals surface area contributed by atoms with Crippen molar-refractivity contribution in [2.75, 3.05) is 5.32 Å². The van der Waals surface area contributed by atoms with Gasteiger partial charge in [-0.25, -0.2) is 4.68 Å². The molecule has 3 aromatic rings. The van der Waals surface area contributed by atoms with Gasteiger partial charge in [-0.3, -0.25) is 9.78 Å². The van der Waals surface area contributed by atoms with E-state index in [0.717, 1.165) is 17.0 Å². The van der Waals surface area contributed by atoms with E-state index >= 15 is 0 Å². The minimum atomic E-state index is -0.178. The fourth-order valence-electron chi connectivity index (χ4n) is 2.18. The molecule has 2 aromatic heterocycles. The maximum atomic E-state index is 11.8. The van der Waals surface area contributed by atoms with Crippen molar-refractivity contribution in [1.29, 1.82) is 0 Å². The lowest BCUT2D eigenvalue weighted by molar-refractivity contribution is 0.301. The van der Waals surface area contributed by atoms with Crippen molar-refractivity contribution in [1.82, 2.24) is 14.8 Å². The third-order valence-corrected chi connectivity index (χ3v) is 4.36. The number of benzene rings is 1. The van der Waals surface area contributed by atoms with Crippen LogP contribution in [0.2, 0.25) is 0 Å². The summed E-state index contributed by atoms with van der Waals surface area (Å²) in [6.07, 6.45) is 3.37. The smallest absolute Gasteiger partial charge is 0.282 e. The normalized spacial score (nSPS) is 10.5. The average molecular weight is 401 g/mol. The quantitative estimate of drug-likeness (QED) is 0.688. The molecule has 0 aliphatic rings. The number of aryl methyl sites for hydroxylation is 1. The predicted molar refractivity (Wildman–Crippen MR) is 99.5 cm³/mol. The number of hydrogen-bond acceptors (Lipinski definition) is 5. The summed E-state index contributed by atoms with van der Waals surface area (Å²) in [5.41, 5.74) is 2.44. The third kappa shape index (κ3) is 4.45. The number of ether oxygens (including phenoxy) is 1. The summed E-state index contributed by atoms with van der Waals surface area (Å²) in [7, 11) is 1.61. The average Bonchev–Trinajstić information content (AvgIpc) is 2.66. The molecule has 0 saturated heterocycles. The van der Waals surface area contributed by atoms with Gasteiger partial charge in [0.2, 0.25) is 0 Å². The minimum Gasteiger partial charge on any atom is -0.487 e. The van der Waals surface area contributed by atoms with Crippen molar-refractivity contribution in [3.8, 4) is 5.75 Å². The lowest BCUT2D eigenvalue weighted by Gasteiger charge is -2.10. The predicted octanol–water partition coefficient (Wildman–Crippen LogP) is 3.13. The SMILES string of the molecule is Cn1ncc(NCc2ccc(OCc3ccccn3)cc2)c(Br)c1=O. The number of hydrogen-bond donors (Lipinski definition) is 1. The Morgan fingerprint density at radius 1 is 1.20 bits per heavy atom. The molecule has 0 atom stereocenters. The van der Waals surface area contributed by atoms with E-state index in [-0.39, 0.29) is 5.56 Å². The first-order chi connectivity index (χ1) is 12.1. The van der Waals surface area contributed by atoms with E-state index in [1.807, 2.05) is 42.5 Å². The molecule has 0 spiro atoms. The third-order valence-electron chi connectivity index (χ3n) is 3.60. The molecule has 1 aromatic carbocycles. The Labute approximate surface area is 153 Å². The van der Waals surface area contributed by atoms with Crippen molar-refractivity contribution in [2.24, 2.45) is 7.05 Å². The van der Waals surface area contributed by atoms with Crippen molar-refractivity contribution < 1.29 is 4.74 Å². The number of halogens is 1. The highest BCUT2D eigenvalue weighted by molar-refractivity contribution is 9.10. The van der Waals surface area contributed by atoms with Gasteiger partial charge in [0.05, 0.1) is 17.6 Å². The van der Waals surface area contributed by atoms with Crippen LogP contribution in [-0.2, 0) is 20.2 Å². The first-order valence-electron chi connectivity index (χ1n) is 7.71. The molecule has 128 valence electrons. The molecular weight excluding hydrogens is 384 g/mol. The molecule has 0 bridgehead atoms. The molecule has 0 fully saturated rings. The lowest BCUT2D eigenvalue weighted by Crippen LogP contribution is -2.21. The molecule has 3 rings (SSSR count). The van der Waals surface area contributed by atoms with Crippen LogP contribution in [0.15, 0.2) is 64.1 Å². The maximum absolute atomic E-state index is 11.8. The van der Waals surface area contributed by atoms with E-state index in [9.17, 15) is 4.79 Å². The number of rotatable bonds is 6. The van der Waals surface area contributed by atoms with Crippen LogP contribution in [0, 0.1) is 0 Å². The zero-order valence-electron chi connectivity index (χ0n) is 13.6. The second-order valence-corrected chi connectivity index (χ2v) is 6.20. The first kappa shape index (κ1) is 17.2. The van der Waals surface area contributed by atoms with Crippen LogP contribution in [0.25, 0.3) is 0 Å². The van der Waals surface area contributed by atoms with Gasteiger partial charge in [0.15, 0.2) is 0 Å². The standard InChI is InChI=1S/C18H17BrN4O2/c1-23-18(24)17(19)16(11-22-23)21-10-13-5-7-15(8-6-13)25-12-14-4-2-3-9-20-14/h2-9,11,21H,10,12H2,1H3. The highest BCUT2D eigenvalue weighted by Crippen LogP contribution is 2.18. The summed E-state index contributed by atoms with van der Waals surface area (Å²) in [6.45, 7) is 1.01. The molecule has 0 aliphatic heterocycles. The Hall–Kier alpha value is -2.67. The molecule has 7 heteroatoms. The van der Waals surface area contributed by atoms with Gasteiger partial charge < -0.3 is 10.1 Å². The van der Waals surface area contributed by atoms with E-state index < -0.39 is 0 Å². The molecule has 6 nitrogen and oxygen atoms in total. The van der Waals surface area contributed by atoms with Crippen molar-refractivity contribution in [3.63, 3.8) is 0 Å². The van der Waals surface area contributed by atoms with Gasteiger partial charge >= 0.3 is 0 Å². The summed E-state index contributed by atoms with van der Waals surface area (Å²) >= 11 is 3.30. The lowest BCUT2D eigenvalue weighted by atomic mass is 10.2. The van der Waals surface area contributed by atoms with E-state index in [2.05, 4.69) is 31.3 Å². The van der Waals surface area contributed by atoms with E-state index in [4.69, 9.17) is 4.74 Å². The summed E-state index contributed by atoms with van der Waals surface area (Å²) < 4.78 is 7.47. The van der Waals surface area contributed by atoms with Gasteiger partial charge in [-0.15, -0.1) is 0 Å². The number of pyridine rings is 1. The highest BCUT2D eigenvalue weighted by Gasteiger charge is 2.06. The van der Waals surface area contributed by atoms with Gasteiger partial charge in [0.1, 0.15) is 16.8 Å². The highest BCUT2D eigenvalue weighted by atomic mass is 79.9. The van der Waals surface area contributed by atoms with E-state index in [1.54, 1.807) is 19.4 Å². The van der Waals surface area contributed by atoms with Crippen LogP contribution in [-0.4, -0.2) is 14.8 Å². The Balaban J connectivity index is 1.58. The van der Waals surface area contributed by atoms with Crippen LogP contribution in [0.3, 0.4) is 0 Å². The molecule has 1 N–H and O–H groups in total. The van der Waals surface area contributed by atoms with Crippen LogP contribution < -0.4 is 15.6 Å². The Bertz CT molecular complexity index is 895. The molecule has 25 heavy (non-hydrogen) atoms. The topological polar surface area (TPSA) is 69.0 Å². The number of nitrogens with zero attached hydrogens (tertiary/aromatic N) is 3. The minimum absolute atomic E-state index is 0.178. The Morgan fingerprint density at radius 2 is 2.00 bits per heavy atom. The van der Waals surface area contributed by atoms with Gasteiger partial charge in [0, 0.05) is 19.8 Å². The van der Waals surface area contributed by atoms with Crippen molar-refractivity contribution >= 4 is 21.6 Å². The van der Waals surface area contributed by atoms with E-state index in [1.165, 1.54) is 4.68 Å². The number of aromatic nitrogens is 3. The Morgan fingerprint density at radius 3 is 2.72 bits per heavy atom. The zero-order chi connectivity index (χ0) is 17.6. The molecule has 0 amide bonds.